The summed E-state index contributed by atoms with van der Waals surface area (Å²) in [5.74, 6) is 0.528. The average Bonchev–Trinajstić information content (AvgIpc) is 2.42. The Bertz CT molecular complexity index is 408. The Morgan fingerprint density at radius 2 is 2.21 bits per heavy atom. The number of hydrogen-bond acceptors (Lipinski definition) is 4. The second-order valence-corrected chi connectivity index (χ2v) is 4.30. The average molecular weight is 266 g/mol. The number of aryl methyl sites for hydroxylation is 1. The summed E-state index contributed by atoms with van der Waals surface area (Å²) in [7, 11) is 1.64. The van der Waals surface area contributed by atoms with Crippen LogP contribution >= 0.6 is 0 Å². The summed E-state index contributed by atoms with van der Waals surface area (Å²) in [4.78, 5) is 11.5. The van der Waals surface area contributed by atoms with Gasteiger partial charge in [0.15, 0.2) is 6.61 Å². The molecule has 0 aliphatic heterocycles. The Kier molecular flexibility index (Phi) is 6.92. The molecule has 5 heteroatoms. The molecule has 0 atom stereocenters. The first-order valence-electron chi connectivity index (χ1n) is 6.35. The van der Waals surface area contributed by atoms with E-state index in [0.29, 0.717) is 25.4 Å². The molecule has 0 saturated heterocycles. The second-order valence-electron chi connectivity index (χ2n) is 4.30. The molecule has 0 aliphatic carbocycles. The molecular weight excluding hydrogens is 244 g/mol. The summed E-state index contributed by atoms with van der Waals surface area (Å²) in [6.45, 7) is 3.62. The molecule has 0 aromatic heterocycles. The van der Waals surface area contributed by atoms with Gasteiger partial charge in [-0.05, 0) is 19.4 Å². The highest BCUT2D eigenvalue weighted by Crippen LogP contribution is 2.19. The van der Waals surface area contributed by atoms with Crippen LogP contribution in [0.3, 0.4) is 0 Å². The monoisotopic (exact) mass is 266 g/mol. The molecule has 0 aliphatic rings. The molecule has 1 rings (SSSR count). The van der Waals surface area contributed by atoms with Crippen LogP contribution in [0.1, 0.15) is 17.5 Å². The number of nitrogens with two attached hydrogens (primary N) is 1. The lowest BCUT2D eigenvalue weighted by molar-refractivity contribution is -0.123. The summed E-state index contributed by atoms with van der Waals surface area (Å²) < 4.78 is 10.4. The zero-order chi connectivity index (χ0) is 14.1. The van der Waals surface area contributed by atoms with Crippen LogP contribution in [0.4, 0.5) is 0 Å². The number of carbonyl (C=O) groups is 1. The number of methoxy groups -OCH3 is 1. The van der Waals surface area contributed by atoms with E-state index in [2.05, 4.69) is 5.32 Å². The maximum absolute atomic E-state index is 11.5. The number of hydrogen-bond donors (Lipinski definition) is 2. The summed E-state index contributed by atoms with van der Waals surface area (Å²) in [5, 5.41) is 2.76. The minimum Gasteiger partial charge on any atom is -0.483 e. The number of ether oxygens (including phenoxy) is 2. The van der Waals surface area contributed by atoms with Gasteiger partial charge in [0, 0.05) is 32.4 Å². The highest BCUT2D eigenvalue weighted by Gasteiger charge is 2.06. The van der Waals surface area contributed by atoms with E-state index in [0.717, 1.165) is 17.5 Å². The topological polar surface area (TPSA) is 73.6 Å². The number of nitrogens with one attached hydrogen (secondary N) is 1. The zero-order valence-corrected chi connectivity index (χ0v) is 11.6. The smallest absolute Gasteiger partial charge is 0.257 e. The van der Waals surface area contributed by atoms with Crippen molar-refractivity contribution in [1.29, 1.82) is 0 Å². The van der Waals surface area contributed by atoms with E-state index >= 15 is 0 Å². The van der Waals surface area contributed by atoms with Gasteiger partial charge < -0.3 is 20.5 Å². The molecule has 19 heavy (non-hydrogen) atoms. The molecule has 5 nitrogen and oxygen atoms in total. The van der Waals surface area contributed by atoms with Crippen LogP contribution in [0, 0.1) is 6.92 Å². The lowest BCUT2D eigenvalue weighted by Crippen LogP contribution is -2.30. The lowest BCUT2D eigenvalue weighted by atomic mass is 10.1. The molecule has 0 unspecified atom stereocenters. The van der Waals surface area contributed by atoms with Gasteiger partial charge in [0.05, 0.1) is 0 Å². The van der Waals surface area contributed by atoms with Crippen LogP contribution in [-0.4, -0.2) is 32.8 Å². The van der Waals surface area contributed by atoms with Gasteiger partial charge in [-0.25, -0.2) is 0 Å². The van der Waals surface area contributed by atoms with E-state index < -0.39 is 0 Å². The van der Waals surface area contributed by atoms with Gasteiger partial charge in [-0.3, -0.25) is 4.79 Å². The van der Waals surface area contributed by atoms with Crippen molar-refractivity contribution in [2.75, 3.05) is 26.9 Å². The van der Waals surface area contributed by atoms with Crippen LogP contribution in [0.15, 0.2) is 18.2 Å². The second kappa shape index (κ2) is 8.50. The van der Waals surface area contributed by atoms with Gasteiger partial charge in [-0.15, -0.1) is 0 Å². The summed E-state index contributed by atoms with van der Waals surface area (Å²) in [6, 6.07) is 5.74. The number of rotatable bonds is 8. The van der Waals surface area contributed by atoms with Crippen molar-refractivity contribution in [2.24, 2.45) is 5.73 Å². The Balaban J connectivity index is 2.37. The quantitative estimate of drug-likeness (QED) is 0.688. The van der Waals surface area contributed by atoms with Crippen molar-refractivity contribution in [1.82, 2.24) is 5.32 Å². The Hall–Kier alpha value is -1.59. The fraction of sp³-hybridized carbons (Fsp3) is 0.500. The molecule has 106 valence electrons. The highest BCUT2D eigenvalue weighted by atomic mass is 16.5. The standard InChI is InChI=1S/C14H22N2O3/c1-11-4-5-13(12(8-11)9-15)19-10-14(17)16-6-3-7-18-2/h4-5,8H,3,6-7,9-10,15H2,1-2H3,(H,16,17). The molecule has 0 radical (unpaired) electrons. The van der Waals surface area contributed by atoms with Crippen LogP contribution in [0.25, 0.3) is 0 Å². The van der Waals surface area contributed by atoms with E-state index in [1.807, 2.05) is 25.1 Å². The van der Waals surface area contributed by atoms with Gasteiger partial charge >= 0.3 is 0 Å². The van der Waals surface area contributed by atoms with Crippen molar-refractivity contribution in [3.05, 3.63) is 29.3 Å². The Morgan fingerprint density at radius 3 is 2.89 bits per heavy atom. The van der Waals surface area contributed by atoms with Crippen LogP contribution in [0.5, 0.6) is 5.75 Å². The number of amides is 1. The molecule has 1 aromatic rings. The first kappa shape index (κ1) is 15.5. The summed E-state index contributed by atoms with van der Waals surface area (Å²) >= 11 is 0. The first-order valence-corrected chi connectivity index (χ1v) is 6.35. The van der Waals surface area contributed by atoms with Crippen LogP contribution in [-0.2, 0) is 16.1 Å². The third-order valence-electron chi connectivity index (χ3n) is 2.64. The molecule has 0 fully saturated rings. The summed E-state index contributed by atoms with van der Waals surface area (Å²) in [5.41, 5.74) is 7.68. The van der Waals surface area contributed by atoms with E-state index in [9.17, 15) is 4.79 Å². The zero-order valence-electron chi connectivity index (χ0n) is 11.6. The van der Waals surface area contributed by atoms with Gasteiger partial charge in [0.2, 0.25) is 0 Å². The maximum Gasteiger partial charge on any atom is 0.257 e. The molecule has 0 heterocycles. The van der Waals surface area contributed by atoms with E-state index in [1.165, 1.54) is 0 Å². The van der Waals surface area contributed by atoms with Gasteiger partial charge in [0.1, 0.15) is 5.75 Å². The Morgan fingerprint density at radius 1 is 1.42 bits per heavy atom. The van der Waals surface area contributed by atoms with Gasteiger partial charge in [-0.2, -0.15) is 0 Å². The lowest BCUT2D eigenvalue weighted by Gasteiger charge is -2.11. The predicted octanol–water partition coefficient (Wildman–Crippen LogP) is 0.985. The largest absolute Gasteiger partial charge is 0.483 e. The van der Waals surface area contributed by atoms with Crippen molar-refractivity contribution in [3.63, 3.8) is 0 Å². The van der Waals surface area contributed by atoms with Gasteiger partial charge in [0.25, 0.3) is 5.91 Å². The number of benzene rings is 1. The molecule has 0 saturated carbocycles. The normalized spacial score (nSPS) is 10.3. The minimum atomic E-state index is -0.139. The van der Waals surface area contributed by atoms with E-state index in [1.54, 1.807) is 7.11 Å². The van der Waals surface area contributed by atoms with E-state index in [4.69, 9.17) is 15.2 Å². The van der Waals surface area contributed by atoms with Crippen LogP contribution in [0.2, 0.25) is 0 Å². The minimum absolute atomic E-state index is 0.00302. The van der Waals surface area contributed by atoms with Crippen molar-refractivity contribution < 1.29 is 14.3 Å². The molecule has 1 aromatic carbocycles. The molecule has 3 N–H and O–H groups in total. The molecular formula is C14H22N2O3. The number of carbonyl (C=O) groups excluding carboxylic acids is 1. The third kappa shape index (κ3) is 5.72. The van der Waals surface area contributed by atoms with E-state index in [-0.39, 0.29) is 12.5 Å². The molecule has 0 bridgehead atoms. The fourth-order valence-corrected chi connectivity index (χ4v) is 1.65. The Labute approximate surface area is 114 Å². The molecule has 1 amide bonds. The van der Waals surface area contributed by atoms with Crippen molar-refractivity contribution in [3.8, 4) is 5.75 Å². The predicted molar refractivity (Wildman–Crippen MR) is 74.1 cm³/mol. The third-order valence-corrected chi connectivity index (χ3v) is 2.64. The highest BCUT2D eigenvalue weighted by molar-refractivity contribution is 5.77. The van der Waals surface area contributed by atoms with Crippen molar-refractivity contribution in [2.45, 2.75) is 19.9 Å². The fourth-order valence-electron chi connectivity index (χ4n) is 1.65. The first-order chi connectivity index (χ1) is 9.17. The van der Waals surface area contributed by atoms with Gasteiger partial charge in [-0.1, -0.05) is 17.7 Å². The van der Waals surface area contributed by atoms with Crippen LogP contribution < -0.4 is 15.8 Å². The SMILES string of the molecule is COCCCNC(=O)COc1ccc(C)cc1CN. The molecule has 0 spiro atoms. The summed E-state index contributed by atoms with van der Waals surface area (Å²) in [6.07, 6.45) is 0.792. The van der Waals surface area contributed by atoms with Crippen molar-refractivity contribution >= 4 is 5.91 Å². The maximum atomic E-state index is 11.5.